The van der Waals surface area contributed by atoms with Crippen molar-refractivity contribution in [3.8, 4) is 34.5 Å². The van der Waals surface area contributed by atoms with E-state index in [-0.39, 0.29) is 12.1 Å². The van der Waals surface area contributed by atoms with Gasteiger partial charge in [-0.25, -0.2) is 14.6 Å². The summed E-state index contributed by atoms with van der Waals surface area (Å²) < 4.78 is 6.94. The van der Waals surface area contributed by atoms with Crippen LogP contribution >= 0.6 is 0 Å². The van der Waals surface area contributed by atoms with Crippen LogP contribution in [0.2, 0.25) is 0 Å². The minimum absolute atomic E-state index is 0.243. The highest BCUT2D eigenvalue weighted by Crippen LogP contribution is 2.20. The topological polar surface area (TPSA) is 157 Å². The van der Waals surface area contributed by atoms with Gasteiger partial charge in [0.2, 0.25) is 0 Å². The number of rotatable bonds is 10. The number of aromatic nitrogens is 4. The van der Waals surface area contributed by atoms with Crippen molar-refractivity contribution in [2.45, 2.75) is 25.4 Å². The minimum Gasteiger partial charge on any atom is -0.490 e. The third kappa shape index (κ3) is 6.62. The first-order chi connectivity index (χ1) is 17.9. The molecule has 186 valence electrons. The predicted octanol–water partition coefficient (Wildman–Crippen LogP) is 2.86. The smallest absolute Gasteiger partial charge is 0.320 e. The summed E-state index contributed by atoms with van der Waals surface area (Å²) in [7, 11) is 0. The first kappa shape index (κ1) is 25.2. The van der Waals surface area contributed by atoms with Crippen molar-refractivity contribution >= 4 is 5.97 Å². The first-order valence-corrected chi connectivity index (χ1v) is 11.5. The molecule has 0 saturated heterocycles. The zero-order valence-corrected chi connectivity index (χ0v) is 19.8. The van der Waals surface area contributed by atoms with Crippen LogP contribution in [0.25, 0.3) is 22.6 Å². The molecule has 0 saturated carbocycles. The van der Waals surface area contributed by atoms with Gasteiger partial charge >= 0.3 is 5.97 Å². The van der Waals surface area contributed by atoms with Gasteiger partial charge in [-0.1, -0.05) is 30.3 Å². The Balaban J connectivity index is 1.44. The fraction of sp³-hybridized carbons (Fsp3) is 0.185. The second-order valence-corrected chi connectivity index (χ2v) is 8.29. The van der Waals surface area contributed by atoms with Crippen molar-refractivity contribution < 1.29 is 14.6 Å². The molecule has 4 rings (SSSR count). The molecule has 37 heavy (non-hydrogen) atoms. The number of carbonyl (C=O) groups is 1. The molecule has 0 fully saturated rings. The average Bonchev–Trinajstić information content (AvgIpc) is 2.92. The minimum atomic E-state index is -1.03. The van der Waals surface area contributed by atoms with Crippen LogP contribution in [0.1, 0.15) is 24.0 Å². The molecule has 2 heterocycles. The van der Waals surface area contributed by atoms with Crippen LogP contribution in [0.4, 0.5) is 0 Å². The molecule has 10 nitrogen and oxygen atoms in total. The summed E-state index contributed by atoms with van der Waals surface area (Å²) in [6.45, 7) is 0.554. The maximum atomic E-state index is 12.5. The van der Waals surface area contributed by atoms with Gasteiger partial charge in [0.15, 0.2) is 11.6 Å². The lowest BCUT2D eigenvalue weighted by Crippen LogP contribution is -2.30. The van der Waals surface area contributed by atoms with Crippen LogP contribution < -0.4 is 16.0 Å². The van der Waals surface area contributed by atoms with Crippen molar-refractivity contribution in [1.29, 1.82) is 5.26 Å². The molecule has 2 aromatic carbocycles. The second-order valence-electron chi connectivity index (χ2n) is 8.29. The molecule has 0 aliphatic carbocycles. The van der Waals surface area contributed by atoms with E-state index in [1.165, 1.54) is 10.7 Å². The third-order valence-corrected chi connectivity index (χ3v) is 5.55. The van der Waals surface area contributed by atoms with Gasteiger partial charge in [0.05, 0.1) is 42.9 Å². The highest BCUT2D eigenvalue weighted by atomic mass is 16.5. The number of benzene rings is 2. The van der Waals surface area contributed by atoms with Crippen molar-refractivity contribution in [3.63, 3.8) is 0 Å². The van der Waals surface area contributed by atoms with E-state index in [9.17, 15) is 9.59 Å². The summed E-state index contributed by atoms with van der Waals surface area (Å²) in [5.41, 5.74) is 8.71. The van der Waals surface area contributed by atoms with Gasteiger partial charge < -0.3 is 15.6 Å². The molecule has 0 radical (unpaired) electrons. The Morgan fingerprint density at radius 1 is 1.08 bits per heavy atom. The van der Waals surface area contributed by atoms with Crippen molar-refractivity contribution in [3.05, 3.63) is 94.5 Å². The Labute approximate surface area is 212 Å². The quantitative estimate of drug-likeness (QED) is 0.315. The number of hydrogen-bond donors (Lipinski definition) is 2. The van der Waals surface area contributed by atoms with E-state index < -0.39 is 12.0 Å². The largest absolute Gasteiger partial charge is 0.490 e. The van der Waals surface area contributed by atoms with Gasteiger partial charge in [-0.05, 0) is 42.7 Å². The van der Waals surface area contributed by atoms with Crippen LogP contribution in [0.15, 0.2) is 77.9 Å². The number of ether oxygens (including phenoxy) is 1. The van der Waals surface area contributed by atoms with Crippen LogP contribution in [-0.4, -0.2) is 43.5 Å². The molecule has 0 unspecified atom stereocenters. The SMILES string of the molecule is N#Cc1cccc(-c2ccc(=O)n(Cc3cccc(-c4ncc(OCCC[C@H](N)C(=O)O)cn4)c3)n2)c1. The van der Waals surface area contributed by atoms with Crippen LogP contribution in [-0.2, 0) is 11.3 Å². The van der Waals surface area contributed by atoms with Crippen LogP contribution in [0, 0.1) is 11.3 Å². The first-order valence-electron chi connectivity index (χ1n) is 11.5. The van der Waals surface area contributed by atoms with E-state index >= 15 is 0 Å². The Bertz CT molecular complexity index is 1490. The molecule has 2 aromatic heterocycles. The summed E-state index contributed by atoms with van der Waals surface area (Å²) in [5.74, 6) is -0.0741. The maximum Gasteiger partial charge on any atom is 0.320 e. The summed E-state index contributed by atoms with van der Waals surface area (Å²) in [6, 6.07) is 18.9. The fourth-order valence-electron chi connectivity index (χ4n) is 3.60. The fourth-order valence-corrected chi connectivity index (χ4v) is 3.60. The summed E-state index contributed by atoms with van der Waals surface area (Å²) in [6.07, 6.45) is 3.91. The van der Waals surface area contributed by atoms with E-state index in [1.54, 1.807) is 36.7 Å². The monoisotopic (exact) mass is 496 g/mol. The summed E-state index contributed by atoms with van der Waals surface area (Å²) in [4.78, 5) is 32.0. The number of nitrogens with two attached hydrogens (primary N) is 1. The van der Waals surface area contributed by atoms with Crippen molar-refractivity contribution in [1.82, 2.24) is 19.7 Å². The zero-order chi connectivity index (χ0) is 26.2. The highest BCUT2D eigenvalue weighted by Gasteiger charge is 2.11. The van der Waals surface area contributed by atoms with E-state index in [0.29, 0.717) is 42.3 Å². The zero-order valence-electron chi connectivity index (χ0n) is 19.8. The molecule has 0 bridgehead atoms. The molecule has 3 N–H and O–H groups in total. The molecule has 0 spiro atoms. The molecule has 0 amide bonds. The van der Waals surface area contributed by atoms with Gasteiger partial charge in [0, 0.05) is 17.2 Å². The lowest BCUT2D eigenvalue weighted by molar-refractivity contribution is -0.138. The van der Waals surface area contributed by atoms with Crippen LogP contribution in [0.5, 0.6) is 5.75 Å². The summed E-state index contributed by atoms with van der Waals surface area (Å²) >= 11 is 0. The normalized spacial score (nSPS) is 11.5. The molecular weight excluding hydrogens is 472 g/mol. The molecule has 4 aromatic rings. The van der Waals surface area contributed by atoms with Crippen molar-refractivity contribution in [2.24, 2.45) is 5.73 Å². The Morgan fingerprint density at radius 3 is 2.59 bits per heavy atom. The highest BCUT2D eigenvalue weighted by molar-refractivity contribution is 5.72. The standard InChI is InChI=1S/C27H24N6O4/c28-14-18-4-1-6-20(12-18)24-9-10-25(34)33(32-24)17-19-5-2-7-21(13-19)26-30-15-22(16-31-26)37-11-3-8-23(29)27(35)36/h1-2,4-7,9-10,12-13,15-16,23H,3,8,11,17,29H2,(H,35,36)/t23-/m0/s1. The molecule has 10 heteroatoms. The Kier molecular flexibility index (Phi) is 7.98. The van der Waals surface area contributed by atoms with Crippen LogP contribution in [0.3, 0.4) is 0 Å². The molecular formula is C27H24N6O4. The van der Waals surface area contributed by atoms with Crippen molar-refractivity contribution in [2.75, 3.05) is 6.61 Å². The average molecular weight is 497 g/mol. The van der Waals surface area contributed by atoms with E-state index in [4.69, 9.17) is 20.8 Å². The van der Waals surface area contributed by atoms with E-state index in [0.717, 1.165) is 16.7 Å². The number of carboxylic acid groups (broad SMARTS) is 1. The molecule has 1 atom stereocenters. The van der Waals surface area contributed by atoms with Gasteiger partial charge in [-0.3, -0.25) is 9.59 Å². The van der Waals surface area contributed by atoms with Gasteiger partial charge in [0.1, 0.15) is 6.04 Å². The molecule has 0 aliphatic rings. The lowest BCUT2D eigenvalue weighted by atomic mass is 10.1. The number of hydrogen-bond acceptors (Lipinski definition) is 8. The molecule has 0 aliphatic heterocycles. The number of nitrogens with zero attached hydrogens (tertiary/aromatic N) is 5. The third-order valence-electron chi connectivity index (χ3n) is 5.55. The number of nitriles is 1. The Hall–Kier alpha value is -4.88. The number of aliphatic carboxylic acids is 1. The Morgan fingerprint density at radius 2 is 1.84 bits per heavy atom. The number of carboxylic acids is 1. The van der Waals surface area contributed by atoms with Gasteiger partial charge in [0.25, 0.3) is 5.56 Å². The van der Waals surface area contributed by atoms with Gasteiger partial charge in [-0.2, -0.15) is 10.4 Å². The lowest BCUT2D eigenvalue weighted by Gasteiger charge is -2.10. The summed E-state index contributed by atoms with van der Waals surface area (Å²) in [5, 5.41) is 22.5. The maximum absolute atomic E-state index is 12.5. The van der Waals surface area contributed by atoms with E-state index in [2.05, 4.69) is 21.1 Å². The van der Waals surface area contributed by atoms with Gasteiger partial charge in [-0.15, -0.1) is 0 Å². The van der Waals surface area contributed by atoms with E-state index in [1.807, 2.05) is 30.3 Å². The predicted molar refractivity (Wildman–Crippen MR) is 136 cm³/mol. The second kappa shape index (κ2) is 11.7.